The third-order valence-corrected chi connectivity index (χ3v) is 3.73. The van der Waals surface area contributed by atoms with Crippen LogP contribution >= 0.6 is 0 Å². The minimum atomic E-state index is -2.28. The van der Waals surface area contributed by atoms with Crippen LogP contribution in [0.2, 0.25) is 0 Å². The molecule has 1 nitrogen and oxygen atoms in total. The van der Waals surface area contributed by atoms with E-state index in [1.54, 1.807) is 6.92 Å². The molecule has 0 aliphatic heterocycles. The lowest BCUT2D eigenvalue weighted by molar-refractivity contribution is -0.0328. The largest absolute Gasteiger partial charge is 0.330 e. The Hall–Kier alpha value is -0.180. The van der Waals surface area contributed by atoms with Gasteiger partial charge in [-0.1, -0.05) is 32.6 Å². The molecule has 1 aliphatic carbocycles. The maximum absolute atomic E-state index is 12.9. The van der Waals surface area contributed by atoms with Crippen LogP contribution in [0, 0.1) is 11.3 Å². The summed E-state index contributed by atoms with van der Waals surface area (Å²) in [5.41, 5.74) is 4.56. The maximum Gasteiger partial charge on any atom is 0.245 e. The first-order valence-corrected chi connectivity index (χ1v) is 5.59. The number of halogens is 2. The van der Waals surface area contributed by atoms with E-state index in [4.69, 9.17) is 5.73 Å². The molecule has 0 bridgehead atoms. The molecule has 1 saturated carbocycles. The second-order valence-corrected chi connectivity index (χ2v) is 4.70. The molecule has 84 valence electrons. The molecule has 1 aliphatic rings. The van der Waals surface area contributed by atoms with E-state index < -0.39 is 11.8 Å². The van der Waals surface area contributed by atoms with Crippen molar-refractivity contribution in [2.45, 2.75) is 51.9 Å². The molecule has 3 heteroatoms. The van der Waals surface area contributed by atoms with Gasteiger partial charge in [0.2, 0.25) is 6.43 Å². The second-order valence-electron chi connectivity index (χ2n) is 4.70. The van der Waals surface area contributed by atoms with Crippen molar-refractivity contribution in [3.05, 3.63) is 0 Å². The molecule has 0 aromatic heterocycles. The third-order valence-electron chi connectivity index (χ3n) is 3.73. The van der Waals surface area contributed by atoms with E-state index in [0.717, 1.165) is 25.7 Å². The minimum absolute atomic E-state index is 0.106. The molecule has 0 saturated heterocycles. The van der Waals surface area contributed by atoms with Crippen molar-refractivity contribution >= 4 is 0 Å². The van der Waals surface area contributed by atoms with Crippen LogP contribution in [0.1, 0.15) is 45.4 Å². The summed E-state index contributed by atoms with van der Waals surface area (Å²) in [6.45, 7) is 1.75. The Morgan fingerprint density at radius 1 is 1.21 bits per heavy atom. The quantitative estimate of drug-likeness (QED) is 0.703. The lowest BCUT2D eigenvalue weighted by atomic mass is 9.73. The smallest absolute Gasteiger partial charge is 0.245 e. The predicted molar refractivity (Wildman–Crippen MR) is 54.4 cm³/mol. The van der Waals surface area contributed by atoms with Gasteiger partial charge in [-0.3, -0.25) is 0 Å². The van der Waals surface area contributed by atoms with Crippen LogP contribution in [0.5, 0.6) is 0 Å². The fourth-order valence-corrected chi connectivity index (χ4v) is 2.37. The first kappa shape index (κ1) is 11.9. The molecule has 1 atom stereocenters. The monoisotopic (exact) mass is 205 g/mol. The Labute approximate surface area is 85.1 Å². The SMILES string of the molecule is CC(CN)(C(F)F)C1CCCCCC1. The van der Waals surface area contributed by atoms with Crippen LogP contribution in [0.25, 0.3) is 0 Å². The van der Waals surface area contributed by atoms with Gasteiger partial charge in [-0.2, -0.15) is 0 Å². The zero-order valence-corrected chi connectivity index (χ0v) is 8.94. The van der Waals surface area contributed by atoms with E-state index in [9.17, 15) is 8.78 Å². The van der Waals surface area contributed by atoms with Gasteiger partial charge in [0.1, 0.15) is 0 Å². The highest BCUT2D eigenvalue weighted by molar-refractivity contribution is 4.86. The third kappa shape index (κ3) is 2.44. The van der Waals surface area contributed by atoms with Crippen molar-refractivity contribution in [3.63, 3.8) is 0 Å². The highest BCUT2D eigenvalue weighted by Crippen LogP contribution is 2.41. The van der Waals surface area contributed by atoms with Crippen LogP contribution in [-0.4, -0.2) is 13.0 Å². The van der Waals surface area contributed by atoms with Crippen molar-refractivity contribution in [2.75, 3.05) is 6.54 Å². The molecule has 0 radical (unpaired) electrons. The Bertz CT molecular complexity index is 165. The molecule has 0 spiro atoms. The van der Waals surface area contributed by atoms with Crippen LogP contribution in [-0.2, 0) is 0 Å². The normalized spacial score (nSPS) is 24.6. The number of alkyl halides is 2. The van der Waals surface area contributed by atoms with Gasteiger partial charge < -0.3 is 5.73 Å². The fraction of sp³-hybridized carbons (Fsp3) is 1.00. The van der Waals surface area contributed by atoms with Crippen LogP contribution in [0.15, 0.2) is 0 Å². The molecule has 0 aromatic carbocycles. The predicted octanol–water partition coefficient (Wildman–Crippen LogP) is 3.19. The first-order chi connectivity index (χ1) is 6.61. The van der Waals surface area contributed by atoms with E-state index in [1.807, 2.05) is 0 Å². The van der Waals surface area contributed by atoms with E-state index in [1.165, 1.54) is 12.8 Å². The summed E-state index contributed by atoms with van der Waals surface area (Å²) < 4.78 is 25.8. The molecule has 0 aromatic rings. The standard InChI is InChI=1S/C11H21F2N/c1-11(8-14,10(12)13)9-6-4-2-3-5-7-9/h9-10H,2-8,14H2,1H3. The van der Waals surface area contributed by atoms with E-state index in [0.29, 0.717) is 0 Å². The molecule has 2 N–H and O–H groups in total. The van der Waals surface area contributed by atoms with Gasteiger partial charge in [0.15, 0.2) is 0 Å². The first-order valence-electron chi connectivity index (χ1n) is 5.59. The molecule has 14 heavy (non-hydrogen) atoms. The molecule has 1 unspecified atom stereocenters. The van der Waals surface area contributed by atoms with Crippen molar-refractivity contribution in [2.24, 2.45) is 17.1 Å². The number of rotatable bonds is 3. The van der Waals surface area contributed by atoms with Crippen LogP contribution < -0.4 is 5.73 Å². The van der Waals surface area contributed by atoms with Gasteiger partial charge in [0.05, 0.1) is 0 Å². The summed E-state index contributed by atoms with van der Waals surface area (Å²) in [6.07, 6.45) is 4.15. The maximum atomic E-state index is 12.9. The van der Waals surface area contributed by atoms with Crippen molar-refractivity contribution in [3.8, 4) is 0 Å². The van der Waals surface area contributed by atoms with Gasteiger partial charge in [0, 0.05) is 12.0 Å². The molecule has 0 amide bonds. The van der Waals surface area contributed by atoms with Crippen molar-refractivity contribution in [1.29, 1.82) is 0 Å². The Morgan fingerprint density at radius 2 is 1.71 bits per heavy atom. The second kappa shape index (κ2) is 5.06. The van der Waals surface area contributed by atoms with Gasteiger partial charge >= 0.3 is 0 Å². The lowest BCUT2D eigenvalue weighted by Crippen LogP contribution is -2.41. The molecule has 1 fully saturated rings. The molecular weight excluding hydrogens is 184 g/mol. The Kier molecular flexibility index (Phi) is 4.30. The van der Waals surface area contributed by atoms with E-state index in [2.05, 4.69) is 0 Å². The summed E-state index contributed by atoms with van der Waals surface area (Å²) in [4.78, 5) is 0. The highest BCUT2D eigenvalue weighted by atomic mass is 19.3. The van der Waals surface area contributed by atoms with Crippen LogP contribution in [0.3, 0.4) is 0 Å². The van der Waals surface area contributed by atoms with Gasteiger partial charge in [-0.05, 0) is 18.8 Å². The number of hydrogen-bond acceptors (Lipinski definition) is 1. The number of nitrogens with two attached hydrogens (primary N) is 1. The van der Waals surface area contributed by atoms with Gasteiger partial charge in [-0.15, -0.1) is 0 Å². The van der Waals surface area contributed by atoms with Crippen LogP contribution in [0.4, 0.5) is 8.78 Å². The van der Waals surface area contributed by atoms with Gasteiger partial charge in [0.25, 0.3) is 0 Å². The minimum Gasteiger partial charge on any atom is -0.330 e. The Balaban J connectivity index is 2.66. The average Bonchev–Trinajstić information content (AvgIpc) is 2.44. The summed E-state index contributed by atoms with van der Waals surface area (Å²) >= 11 is 0. The number of hydrogen-bond donors (Lipinski definition) is 1. The summed E-state index contributed by atoms with van der Waals surface area (Å²) in [5.74, 6) is 0.120. The molecule has 0 heterocycles. The zero-order valence-electron chi connectivity index (χ0n) is 8.94. The van der Waals surface area contributed by atoms with Crippen molar-refractivity contribution in [1.82, 2.24) is 0 Å². The van der Waals surface area contributed by atoms with Gasteiger partial charge in [-0.25, -0.2) is 8.78 Å². The highest BCUT2D eigenvalue weighted by Gasteiger charge is 2.41. The summed E-state index contributed by atoms with van der Waals surface area (Å²) in [7, 11) is 0. The Morgan fingerprint density at radius 3 is 2.07 bits per heavy atom. The van der Waals surface area contributed by atoms with Crippen molar-refractivity contribution < 1.29 is 8.78 Å². The van der Waals surface area contributed by atoms with E-state index >= 15 is 0 Å². The summed E-state index contributed by atoms with van der Waals surface area (Å²) in [5, 5.41) is 0. The topological polar surface area (TPSA) is 26.0 Å². The molecular formula is C11H21F2N. The van der Waals surface area contributed by atoms with E-state index in [-0.39, 0.29) is 12.5 Å². The summed E-state index contributed by atoms with van der Waals surface area (Å²) in [6, 6.07) is 0. The average molecular weight is 205 g/mol. The lowest BCUT2D eigenvalue weighted by Gasteiger charge is -2.35. The molecule has 1 rings (SSSR count). The zero-order chi connectivity index (χ0) is 10.6. The fourth-order valence-electron chi connectivity index (χ4n) is 2.37.